The molecule has 0 aliphatic heterocycles. The van der Waals surface area contributed by atoms with E-state index in [0.29, 0.717) is 6.61 Å². The van der Waals surface area contributed by atoms with Crippen molar-refractivity contribution in [1.82, 2.24) is 14.9 Å². The summed E-state index contributed by atoms with van der Waals surface area (Å²) in [5.41, 5.74) is 1.77. The number of ether oxygens (including phenoxy) is 1. The maximum atomic E-state index is 13.2. The van der Waals surface area contributed by atoms with Gasteiger partial charge in [-0.1, -0.05) is 12.1 Å². The lowest BCUT2D eigenvalue weighted by Gasteiger charge is -2.09. The molecule has 1 aromatic heterocycles. The van der Waals surface area contributed by atoms with E-state index in [0.717, 1.165) is 30.9 Å². The summed E-state index contributed by atoms with van der Waals surface area (Å²) in [5.74, 6) is -0.233. The first-order chi connectivity index (χ1) is 9.31. The van der Waals surface area contributed by atoms with Crippen LogP contribution in [0.2, 0.25) is 0 Å². The fourth-order valence-corrected chi connectivity index (χ4v) is 1.89. The van der Waals surface area contributed by atoms with Crippen LogP contribution in [0.5, 0.6) is 0 Å². The van der Waals surface area contributed by atoms with E-state index in [4.69, 9.17) is 4.74 Å². The zero-order chi connectivity index (χ0) is 13.5. The zero-order valence-corrected chi connectivity index (χ0v) is 11.0. The highest BCUT2D eigenvalue weighted by Crippen LogP contribution is 2.19. The fourth-order valence-electron chi connectivity index (χ4n) is 1.89. The van der Waals surface area contributed by atoms with Gasteiger partial charge in [-0.05, 0) is 12.1 Å². The zero-order valence-electron chi connectivity index (χ0n) is 11.0. The molecule has 2 aromatic rings. The molecule has 0 unspecified atom stereocenters. The molecular formula is C14H18FN3O. The summed E-state index contributed by atoms with van der Waals surface area (Å²) in [4.78, 5) is 4.13. The molecule has 0 saturated carbocycles. The Kier molecular flexibility index (Phi) is 5.06. The number of nitrogens with one attached hydrogen (secondary N) is 1. The number of nitrogens with zero attached hydrogens (tertiary/aromatic N) is 2. The van der Waals surface area contributed by atoms with Gasteiger partial charge in [0, 0.05) is 32.3 Å². The van der Waals surface area contributed by atoms with E-state index in [1.54, 1.807) is 25.7 Å². The summed E-state index contributed by atoms with van der Waals surface area (Å²) in [7, 11) is 1.68. The molecule has 0 spiro atoms. The van der Waals surface area contributed by atoms with E-state index in [1.165, 1.54) is 12.1 Å². The summed E-state index contributed by atoms with van der Waals surface area (Å²) >= 11 is 0. The van der Waals surface area contributed by atoms with Crippen LogP contribution in [0.25, 0.3) is 11.3 Å². The summed E-state index contributed by atoms with van der Waals surface area (Å²) in [6.07, 6.45) is 3.52. The van der Waals surface area contributed by atoms with E-state index in [2.05, 4.69) is 10.3 Å². The largest absolute Gasteiger partial charge is 0.383 e. The van der Waals surface area contributed by atoms with Gasteiger partial charge in [-0.2, -0.15) is 0 Å². The maximum absolute atomic E-state index is 13.2. The second kappa shape index (κ2) is 7.01. The SMILES string of the molecule is COCCNCCn1cncc1-c1cccc(F)c1. The van der Waals surface area contributed by atoms with Crippen molar-refractivity contribution in [2.45, 2.75) is 6.54 Å². The molecule has 1 aromatic carbocycles. The topological polar surface area (TPSA) is 39.1 Å². The number of imidazole rings is 1. The van der Waals surface area contributed by atoms with Crippen LogP contribution in [-0.2, 0) is 11.3 Å². The molecule has 0 saturated heterocycles. The molecule has 0 radical (unpaired) electrons. The second-order valence-electron chi connectivity index (χ2n) is 4.23. The van der Waals surface area contributed by atoms with Crippen LogP contribution in [0.15, 0.2) is 36.8 Å². The first kappa shape index (κ1) is 13.7. The molecule has 19 heavy (non-hydrogen) atoms. The van der Waals surface area contributed by atoms with Gasteiger partial charge in [-0.15, -0.1) is 0 Å². The van der Waals surface area contributed by atoms with Gasteiger partial charge >= 0.3 is 0 Å². The molecule has 102 valence electrons. The second-order valence-corrected chi connectivity index (χ2v) is 4.23. The minimum absolute atomic E-state index is 0.233. The standard InChI is InChI=1S/C14H18FN3O/c1-19-8-6-16-5-7-18-11-17-10-14(18)12-3-2-4-13(15)9-12/h2-4,9-11,16H,5-8H2,1H3. The number of methoxy groups -OCH3 is 1. The minimum Gasteiger partial charge on any atom is -0.383 e. The van der Waals surface area contributed by atoms with Gasteiger partial charge in [0.25, 0.3) is 0 Å². The van der Waals surface area contributed by atoms with E-state index in [-0.39, 0.29) is 5.82 Å². The average Bonchev–Trinajstić information content (AvgIpc) is 2.87. The van der Waals surface area contributed by atoms with Crippen LogP contribution < -0.4 is 5.32 Å². The van der Waals surface area contributed by atoms with Crippen LogP contribution in [-0.4, -0.2) is 36.4 Å². The average molecular weight is 263 g/mol. The number of rotatable bonds is 7. The lowest BCUT2D eigenvalue weighted by Crippen LogP contribution is -2.23. The molecule has 0 bridgehead atoms. The summed E-state index contributed by atoms with van der Waals surface area (Å²) in [5, 5.41) is 3.27. The molecule has 0 aliphatic carbocycles. The Morgan fingerprint density at radius 3 is 3.05 bits per heavy atom. The number of aromatic nitrogens is 2. The number of hydrogen-bond donors (Lipinski definition) is 1. The Morgan fingerprint density at radius 2 is 2.26 bits per heavy atom. The minimum atomic E-state index is -0.233. The number of benzene rings is 1. The summed E-state index contributed by atoms with van der Waals surface area (Å²) in [6, 6.07) is 6.55. The Bertz CT molecular complexity index is 513. The van der Waals surface area contributed by atoms with Gasteiger partial charge in [0.1, 0.15) is 5.82 Å². The molecular weight excluding hydrogens is 245 g/mol. The van der Waals surface area contributed by atoms with Gasteiger partial charge in [0.05, 0.1) is 24.8 Å². The van der Waals surface area contributed by atoms with Gasteiger partial charge in [-0.3, -0.25) is 0 Å². The van der Waals surface area contributed by atoms with E-state index in [1.807, 2.05) is 10.6 Å². The smallest absolute Gasteiger partial charge is 0.123 e. The molecule has 1 heterocycles. The molecule has 5 heteroatoms. The van der Waals surface area contributed by atoms with Gasteiger partial charge < -0.3 is 14.6 Å². The Morgan fingerprint density at radius 1 is 1.37 bits per heavy atom. The van der Waals surface area contributed by atoms with Gasteiger partial charge in [-0.25, -0.2) is 9.37 Å². The van der Waals surface area contributed by atoms with Crippen LogP contribution in [0.4, 0.5) is 4.39 Å². The first-order valence-corrected chi connectivity index (χ1v) is 6.27. The number of halogens is 1. The van der Waals surface area contributed by atoms with Gasteiger partial charge in [0.2, 0.25) is 0 Å². The van der Waals surface area contributed by atoms with E-state index in [9.17, 15) is 4.39 Å². The van der Waals surface area contributed by atoms with Crippen molar-refractivity contribution in [3.63, 3.8) is 0 Å². The summed E-state index contributed by atoms with van der Waals surface area (Å²) < 4.78 is 20.2. The van der Waals surface area contributed by atoms with Crippen molar-refractivity contribution in [2.75, 3.05) is 26.8 Å². The number of hydrogen-bond acceptors (Lipinski definition) is 3. The predicted octanol–water partition coefficient (Wildman–Crippen LogP) is 1.93. The fraction of sp³-hybridized carbons (Fsp3) is 0.357. The third-order valence-corrected chi connectivity index (χ3v) is 2.85. The van der Waals surface area contributed by atoms with Crippen molar-refractivity contribution < 1.29 is 9.13 Å². The van der Waals surface area contributed by atoms with Gasteiger partial charge in [0.15, 0.2) is 0 Å². The Labute approximate surface area is 112 Å². The van der Waals surface area contributed by atoms with Crippen LogP contribution in [0.3, 0.4) is 0 Å². The highest BCUT2D eigenvalue weighted by atomic mass is 19.1. The van der Waals surface area contributed by atoms with E-state index < -0.39 is 0 Å². The first-order valence-electron chi connectivity index (χ1n) is 6.27. The van der Waals surface area contributed by atoms with Crippen molar-refractivity contribution in [3.8, 4) is 11.3 Å². The van der Waals surface area contributed by atoms with Crippen molar-refractivity contribution >= 4 is 0 Å². The normalized spacial score (nSPS) is 10.8. The molecule has 4 nitrogen and oxygen atoms in total. The molecule has 0 aliphatic rings. The Balaban J connectivity index is 1.98. The predicted molar refractivity (Wildman–Crippen MR) is 72.4 cm³/mol. The third kappa shape index (κ3) is 3.87. The van der Waals surface area contributed by atoms with Crippen molar-refractivity contribution in [1.29, 1.82) is 0 Å². The molecule has 0 fully saturated rings. The molecule has 0 atom stereocenters. The van der Waals surface area contributed by atoms with Crippen molar-refractivity contribution in [3.05, 3.63) is 42.6 Å². The summed E-state index contributed by atoms with van der Waals surface area (Å²) in [6.45, 7) is 3.12. The lowest BCUT2D eigenvalue weighted by molar-refractivity contribution is 0.199. The third-order valence-electron chi connectivity index (χ3n) is 2.85. The maximum Gasteiger partial charge on any atom is 0.123 e. The highest BCUT2D eigenvalue weighted by molar-refractivity contribution is 5.58. The molecule has 0 amide bonds. The highest BCUT2D eigenvalue weighted by Gasteiger charge is 2.05. The monoisotopic (exact) mass is 263 g/mol. The quantitative estimate of drug-likeness (QED) is 0.776. The molecule has 1 N–H and O–H groups in total. The van der Waals surface area contributed by atoms with Crippen molar-refractivity contribution in [2.24, 2.45) is 0 Å². The molecule has 2 rings (SSSR count). The van der Waals surface area contributed by atoms with E-state index >= 15 is 0 Å². The lowest BCUT2D eigenvalue weighted by atomic mass is 10.1. The van der Waals surface area contributed by atoms with Crippen LogP contribution in [0.1, 0.15) is 0 Å². The van der Waals surface area contributed by atoms with Crippen LogP contribution >= 0.6 is 0 Å². The van der Waals surface area contributed by atoms with Crippen LogP contribution in [0, 0.1) is 5.82 Å². The Hall–Kier alpha value is -1.72.